The van der Waals surface area contributed by atoms with E-state index in [0.29, 0.717) is 18.1 Å². The van der Waals surface area contributed by atoms with Gasteiger partial charge in [0.25, 0.3) is 5.56 Å². The molecule has 1 saturated heterocycles. The van der Waals surface area contributed by atoms with E-state index in [-0.39, 0.29) is 5.56 Å². The van der Waals surface area contributed by atoms with Gasteiger partial charge in [0.05, 0.1) is 13.2 Å². The molecule has 0 amide bonds. The highest BCUT2D eigenvalue weighted by molar-refractivity contribution is 5.59. The molecule has 1 aliphatic heterocycles. The smallest absolute Gasteiger partial charge is 0.274 e. The molecule has 0 bridgehead atoms. The van der Waals surface area contributed by atoms with E-state index in [0.717, 1.165) is 43.2 Å². The molecule has 7 nitrogen and oxygen atoms in total. The van der Waals surface area contributed by atoms with Gasteiger partial charge >= 0.3 is 0 Å². The molecule has 2 heterocycles. The molecule has 1 fully saturated rings. The Morgan fingerprint density at radius 1 is 1.00 bits per heavy atom. The van der Waals surface area contributed by atoms with Crippen LogP contribution in [0.15, 0.2) is 59.4 Å². The molecule has 138 valence electrons. The third-order valence-corrected chi connectivity index (χ3v) is 4.49. The van der Waals surface area contributed by atoms with Gasteiger partial charge in [0, 0.05) is 30.9 Å². The number of hydrogen-bond acceptors (Lipinski definition) is 6. The molecule has 0 atom stereocenters. The van der Waals surface area contributed by atoms with Crippen molar-refractivity contribution in [2.75, 3.05) is 36.5 Å². The van der Waals surface area contributed by atoms with E-state index in [9.17, 15) is 4.79 Å². The minimum Gasteiger partial charge on any atom is -0.378 e. The van der Waals surface area contributed by atoms with Crippen LogP contribution in [0, 0.1) is 0 Å². The molecule has 27 heavy (non-hydrogen) atoms. The van der Waals surface area contributed by atoms with E-state index < -0.39 is 0 Å². The van der Waals surface area contributed by atoms with Crippen molar-refractivity contribution in [2.24, 2.45) is 0 Å². The van der Waals surface area contributed by atoms with Gasteiger partial charge in [0.1, 0.15) is 5.69 Å². The fourth-order valence-corrected chi connectivity index (χ4v) is 3.04. The van der Waals surface area contributed by atoms with Crippen LogP contribution in [-0.2, 0) is 11.2 Å². The number of ether oxygens (including phenoxy) is 1. The van der Waals surface area contributed by atoms with Crippen molar-refractivity contribution in [3.8, 4) is 0 Å². The molecular weight excluding hydrogens is 342 g/mol. The maximum Gasteiger partial charge on any atom is 0.274 e. The second-order valence-electron chi connectivity index (χ2n) is 6.38. The third-order valence-electron chi connectivity index (χ3n) is 4.49. The van der Waals surface area contributed by atoms with Crippen LogP contribution >= 0.6 is 0 Å². The molecule has 1 aliphatic rings. The monoisotopic (exact) mass is 363 g/mol. The second kappa shape index (κ2) is 8.01. The summed E-state index contributed by atoms with van der Waals surface area (Å²) in [6.45, 7) is 3.31. The fraction of sp³-hybridized carbons (Fsp3) is 0.250. The summed E-state index contributed by atoms with van der Waals surface area (Å²) in [6.07, 6.45) is 0.456. The average Bonchev–Trinajstić information content (AvgIpc) is 2.72. The first-order chi connectivity index (χ1) is 13.3. The molecule has 0 aliphatic carbocycles. The molecule has 2 aromatic carbocycles. The van der Waals surface area contributed by atoms with Crippen molar-refractivity contribution in [3.05, 3.63) is 76.2 Å². The number of nitrogens with zero attached hydrogens (tertiary/aromatic N) is 3. The fourth-order valence-electron chi connectivity index (χ4n) is 3.04. The highest BCUT2D eigenvalue weighted by Crippen LogP contribution is 2.20. The quantitative estimate of drug-likeness (QED) is 0.724. The first-order valence-corrected chi connectivity index (χ1v) is 8.97. The summed E-state index contributed by atoms with van der Waals surface area (Å²) >= 11 is 0. The molecule has 0 radical (unpaired) electrons. The number of hydrogen-bond donors (Lipinski definition) is 2. The highest BCUT2D eigenvalue weighted by atomic mass is 16.5. The topological polar surface area (TPSA) is 83.1 Å². The lowest BCUT2D eigenvalue weighted by atomic mass is 10.1. The number of nitrogens with one attached hydrogen (secondary N) is 2. The zero-order valence-corrected chi connectivity index (χ0v) is 14.9. The summed E-state index contributed by atoms with van der Waals surface area (Å²) in [4.78, 5) is 17.3. The number of aromatic nitrogens is 3. The number of anilines is 3. The van der Waals surface area contributed by atoms with Crippen LogP contribution in [0.1, 0.15) is 11.3 Å². The summed E-state index contributed by atoms with van der Waals surface area (Å²) in [5, 5.41) is 11.3. The van der Waals surface area contributed by atoms with Gasteiger partial charge in [0.15, 0.2) is 0 Å². The first-order valence-electron chi connectivity index (χ1n) is 8.97. The van der Waals surface area contributed by atoms with Crippen LogP contribution in [0.2, 0.25) is 0 Å². The molecule has 0 saturated carbocycles. The third kappa shape index (κ3) is 4.32. The van der Waals surface area contributed by atoms with Crippen LogP contribution in [-0.4, -0.2) is 41.5 Å². The maximum absolute atomic E-state index is 12.3. The molecule has 3 aromatic rings. The van der Waals surface area contributed by atoms with Gasteiger partial charge in [-0.05, 0) is 29.8 Å². The maximum atomic E-state index is 12.3. The average molecular weight is 363 g/mol. The highest BCUT2D eigenvalue weighted by Gasteiger charge is 2.11. The van der Waals surface area contributed by atoms with Crippen LogP contribution in [0.5, 0.6) is 0 Å². The Labute approximate surface area is 157 Å². The largest absolute Gasteiger partial charge is 0.378 e. The summed E-state index contributed by atoms with van der Waals surface area (Å²) in [6, 6.07) is 17.8. The standard InChI is InChI=1S/C20H21N5O2/c26-19-18(14-15-4-2-1-3-5-15)23-24-20(22-19)21-16-6-8-17(9-7-16)25-10-12-27-13-11-25/h1-9H,10-14H2,(H2,21,22,24,26). The predicted molar refractivity (Wildman–Crippen MR) is 105 cm³/mol. The molecule has 0 spiro atoms. The van der Waals surface area contributed by atoms with Gasteiger partial charge in [-0.3, -0.25) is 9.78 Å². The van der Waals surface area contributed by atoms with Crippen LogP contribution in [0.4, 0.5) is 17.3 Å². The summed E-state index contributed by atoms with van der Waals surface area (Å²) in [5.41, 5.74) is 3.18. The van der Waals surface area contributed by atoms with Gasteiger partial charge in [-0.15, -0.1) is 10.2 Å². The molecule has 7 heteroatoms. The second-order valence-corrected chi connectivity index (χ2v) is 6.38. The number of H-pyrrole nitrogens is 1. The van der Waals surface area contributed by atoms with Crippen molar-refractivity contribution in [2.45, 2.75) is 6.42 Å². The Morgan fingerprint density at radius 2 is 1.74 bits per heavy atom. The zero-order chi connectivity index (χ0) is 18.5. The molecule has 0 unspecified atom stereocenters. The van der Waals surface area contributed by atoms with Crippen LogP contribution in [0.3, 0.4) is 0 Å². The normalized spacial score (nSPS) is 14.1. The SMILES string of the molecule is O=c1[nH]c(Nc2ccc(N3CCOCC3)cc2)nnc1Cc1ccccc1. The van der Waals surface area contributed by atoms with E-state index in [1.165, 1.54) is 0 Å². The van der Waals surface area contributed by atoms with Crippen LogP contribution < -0.4 is 15.8 Å². The Balaban J connectivity index is 1.43. The summed E-state index contributed by atoms with van der Waals surface area (Å²) in [7, 11) is 0. The lowest BCUT2D eigenvalue weighted by Crippen LogP contribution is -2.36. The van der Waals surface area contributed by atoms with Crippen LogP contribution in [0.25, 0.3) is 0 Å². The first kappa shape index (κ1) is 17.2. The van der Waals surface area contributed by atoms with Crippen molar-refractivity contribution < 1.29 is 4.74 Å². The van der Waals surface area contributed by atoms with Crippen molar-refractivity contribution >= 4 is 17.3 Å². The van der Waals surface area contributed by atoms with Gasteiger partial charge in [0.2, 0.25) is 5.95 Å². The number of benzene rings is 2. The van der Waals surface area contributed by atoms with Gasteiger partial charge in [-0.25, -0.2) is 0 Å². The minimum absolute atomic E-state index is 0.235. The molecule has 2 N–H and O–H groups in total. The van der Waals surface area contributed by atoms with Gasteiger partial charge < -0.3 is 15.0 Å². The Bertz CT molecular complexity index is 935. The summed E-state index contributed by atoms with van der Waals surface area (Å²) in [5.74, 6) is 0.330. The number of morpholine rings is 1. The van der Waals surface area contributed by atoms with Gasteiger partial charge in [-0.2, -0.15) is 0 Å². The van der Waals surface area contributed by atoms with E-state index in [1.807, 2.05) is 54.6 Å². The van der Waals surface area contributed by atoms with Crippen molar-refractivity contribution in [1.82, 2.24) is 15.2 Å². The Morgan fingerprint density at radius 3 is 2.44 bits per heavy atom. The Hall–Kier alpha value is -3.19. The lowest BCUT2D eigenvalue weighted by Gasteiger charge is -2.28. The molecular formula is C20H21N5O2. The predicted octanol–water partition coefficient (Wildman–Crippen LogP) is 2.34. The zero-order valence-electron chi connectivity index (χ0n) is 14.9. The van der Waals surface area contributed by atoms with Gasteiger partial charge in [-0.1, -0.05) is 30.3 Å². The lowest BCUT2D eigenvalue weighted by molar-refractivity contribution is 0.122. The van der Waals surface area contributed by atoms with E-state index >= 15 is 0 Å². The Kier molecular flexibility index (Phi) is 5.11. The molecule has 1 aromatic heterocycles. The van der Waals surface area contributed by atoms with E-state index in [1.54, 1.807) is 0 Å². The van der Waals surface area contributed by atoms with Crippen molar-refractivity contribution in [1.29, 1.82) is 0 Å². The molecule has 4 rings (SSSR count). The summed E-state index contributed by atoms with van der Waals surface area (Å²) < 4.78 is 5.38. The van der Waals surface area contributed by atoms with E-state index in [2.05, 4.69) is 25.4 Å². The van der Waals surface area contributed by atoms with Crippen molar-refractivity contribution in [3.63, 3.8) is 0 Å². The number of rotatable bonds is 5. The van der Waals surface area contributed by atoms with E-state index in [4.69, 9.17) is 4.74 Å². The minimum atomic E-state index is -0.235. The number of aromatic amines is 1.